The fourth-order valence-electron chi connectivity index (χ4n) is 2.64. The lowest BCUT2D eigenvalue weighted by molar-refractivity contribution is 0.0943. The van der Waals surface area contributed by atoms with E-state index in [-0.39, 0.29) is 42.1 Å². The van der Waals surface area contributed by atoms with Crippen molar-refractivity contribution in [2.75, 3.05) is 32.5 Å². The third-order valence-corrected chi connectivity index (χ3v) is 6.76. The van der Waals surface area contributed by atoms with Gasteiger partial charge in [-0.05, 0) is 26.7 Å². The van der Waals surface area contributed by atoms with Gasteiger partial charge in [-0.2, -0.15) is 4.31 Å². The molecule has 1 N–H and O–H groups in total. The molecule has 0 radical (unpaired) electrons. The van der Waals surface area contributed by atoms with Gasteiger partial charge in [-0.25, -0.2) is 21.6 Å². The first-order chi connectivity index (χ1) is 11.1. The second kappa shape index (κ2) is 7.48. The van der Waals surface area contributed by atoms with Gasteiger partial charge in [0.25, 0.3) is 0 Å². The maximum Gasteiger partial charge on any atom is 0.246 e. The van der Waals surface area contributed by atoms with Crippen molar-refractivity contribution < 1.29 is 26.1 Å². The SMILES string of the molecule is Cc1noc(C)c1S(=O)(=O)NCCN(CC1CCCO1)S(C)(=O)=O. The molecule has 0 amide bonds. The zero-order chi connectivity index (χ0) is 18.0. The van der Waals surface area contributed by atoms with Gasteiger partial charge in [0.2, 0.25) is 20.0 Å². The first-order valence-corrected chi connectivity index (χ1v) is 10.9. The van der Waals surface area contributed by atoms with E-state index in [1.54, 1.807) is 0 Å². The lowest BCUT2D eigenvalue weighted by atomic mass is 10.2. The molecule has 24 heavy (non-hydrogen) atoms. The van der Waals surface area contributed by atoms with E-state index in [2.05, 4.69) is 9.88 Å². The van der Waals surface area contributed by atoms with E-state index in [1.807, 2.05) is 0 Å². The summed E-state index contributed by atoms with van der Waals surface area (Å²) in [4.78, 5) is -0.00691. The third-order valence-electron chi connectivity index (χ3n) is 3.79. The van der Waals surface area contributed by atoms with Gasteiger partial charge in [0.15, 0.2) is 5.76 Å². The third kappa shape index (κ3) is 4.76. The second-order valence-corrected chi connectivity index (χ2v) is 9.49. The van der Waals surface area contributed by atoms with Crippen LogP contribution in [0.2, 0.25) is 0 Å². The number of nitrogens with one attached hydrogen (secondary N) is 1. The summed E-state index contributed by atoms with van der Waals surface area (Å²) in [6.45, 7) is 3.88. The van der Waals surface area contributed by atoms with Crippen LogP contribution in [0.4, 0.5) is 0 Å². The molecule has 9 nitrogen and oxygen atoms in total. The van der Waals surface area contributed by atoms with E-state index in [0.717, 1.165) is 19.1 Å². The van der Waals surface area contributed by atoms with Crippen LogP contribution in [0.15, 0.2) is 9.42 Å². The smallest absolute Gasteiger partial charge is 0.246 e. The lowest BCUT2D eigenvalue weighted by Crippen LogP contribution is -2.41. The molecule has 1 saturated heterocycles. The van der Waals surface area contributed by atoms with Gasteiger partial charge in [0.1, 0.15) is 10.6 Å². The Kier molecular flexibility index (Phi) is 6.02. The predicted octanol–water partition coefficient (Wildman–Crippen LogP) is 0.0103. The molecule has 0 aliphatic carbocycles. The topological polar surface area (TPSA) is 119 Å². The van der Waals surface area contributed by atoms with Crippen LogP contribution < -0.4 is 4.72 Å². The van der Waals surface area contributed by atoms with Crippen molar-refractivity contribution in [2.45, 2.75) is 37.7 Å². The van der Waals surface area contributed by atoms with Gasteiger partial charge in [0, 0.05) is 26.2 Å². The number of hydrogen-bond donors (Lipinski definition) is 1. The minimum Gasteiger partial charge on any atom is -0.377 e. The summed E-state index contributed by atoms with van der Waals surface area (Å²) in [6.07, 6.45) is 2.67. The number of aromatic nitrogens is 1. The van der Waals surface area contributed by atoms with E-state index in [9.17, 15) is 16.8 Å². The van der Waals surface area contributed by atoms with Crippen molar-refractivity contribution in [3.05, 3.63) is 11.5 Å². The maximum absolute atomic E-state index is 12.3. The molecular formula is C13H23N3O6S2. The highest BCUT2D eigenvalue weighted by molar-refractivity contribution is 7.89. The molecule has 2 rings (SSSR count). The summed E-state index contributed by atoms with van der Waals surface area (Å²) in [5.41, 5.74) is 0.263. The molecule has 2 heterocycles. The predicted molar refractivity (Wildman–Crippen MR) is 86.6 cm³/mol. The molecule has 1 aromatic heterocycles. The van der Waals surface area contributed by atoms with Crippen molar-refractivity contribution >= 4 is 20.0 Å². The normalized spacial score (nSPS) is 19.2. The van der Waals surface area contributed by atoms with E-state index >= 15 is 0 Å². The second-order valence-electron chi connectivity index (χ2n) is 5.81. The Morgan fingerprint density at radius 3 is 2.50 bits per heavy atom. The number of sulfonamides is 2. The monoisotopic (exact) mass is 381 g/mol. The van der Waals surface area contributed by atoms with Crippen molar-refractivity contribution in [3.63, 3.8) is 0 Å². The highest BCUT2D eigenvalue weighted by atomic mass is 32.2. The number of ether oxygens (including phenoxy) is 1. The maximum atomic E-state index is 12.3. The van der Waals surface area contributed by atoms with E-state index in [4.69, 9.17) is 9.26 Å². The Morgan fingerprint density at radius 2 is 2.00 bits per heavy atom. The minimum absolute atomic E-state index is 0.00691. The van der Waals surface area contributed by atoms with Crippen molar-refractivity contribution in [1.29, 1.82) is 0 Å². The molecule has 1 fully saturated rings. The highest BCUT2D eigenvalue weighted by Gasteiger charge is 2.27. The van der Waals surface area contributed by atoms with E-state index in [1.165, 1.54) is 18.2 Å². The van der Waals surface area contributed by atoms with Crippen molar-refractivity contribution in [3.8, 4) is 0 Å². The van der Waals surface area contributed by atoms with Gasteiger partial charge in [-0.1, -0.05) is 5.16 Å². The van der Waals surface area contributed by atoms with Gasteiger partial charge < -0.3 is 9.26 Å². The molecule has 0 bridgehead atoms. The average Bonchev–Trinajstić information content (AvgIpc) is 3.06. The van der Waals surface area contributed by atoms with Crippen molar-refractivity contribution in [2.24, 2.45) is 0 Å². The zero-order valence-corrected chi connectivity index (χ0v) is 15.6. The van der Waals surface area contributed by atoms with Gasteiger partial charge in [0.05, 0.1) is 12.4 Å². The Bertz CT molecular complexity index is 746. The first-order valence-electron chi connectivity index (χ1n) is 7.60. The molecule has 1 aromatic rings. The summed E-state index contributed by atoms with van der Waals surface area (Å²) in [7, 11) is -7.26. The number of aryl methyl sites for hydroxylation is 2. The largest absolute Gasteiger partial charge is 0.377 e. The fourth-order valence-corrected chi connectivity index (χ4v) is 4.85. The van der Waals surface area contributed by atoms with Crippen LogP contribution in [0.5, 0.6) is 0 Å². The Morgan fingerprint density at radius 1 is 1.29 bits per heavy atom. The molecule has 11 heteroatoms. The molecule has 1 aliphatic rings. The standard InChI is InChI=1S/C13H23N3O6S2/c1-10-13(11(2)22-15-10)24(19,20)14-6-7-16(23(3,17)18)9-12-5-4-8-21-12/h12,14H,4-9H2,1-3H3. The molecule has 1 atom stereocenters. The van der Waals surface area contributed by atoms with Crippen LogP contribution in [0.1, 0.15) is 24.3 Å². The summed E-state index contributed by atoms with van der Waals surface area (Å²) >= 11 is 0. The van der Waals surface area contributed by atoms with Gasteiger partial charge in [-0.3, -0.25) is 0 Å². The highest BCUT2D eigenvalue weighted by Crippen LogP contribution is 2.18. The fraction of sp³-hybridized carbons (Fsp3) is 0.769. The number of hydrogen-bond acceptors (Lipinski definition) is 7. The molecule has 0 spiro atoms. The van der Waals surface area contributed by atoms with Crippen LogP contribution in [-0.2, 0) is 24.8 Å². The molecule has 0 aromatic carbocycles. The number of rotatable bonds is 8. The summed E-state index contributed by atoms with van der Waals surface area (Å²) < 4.78 is 62.3. The first kappa shape index (κ1) is 19.3. The molecule has 1 unspecified atom stereocenters. The molecule has 138 valence electrons. The zero-order valence-electron chi connectivity index (χ0n) is 14.0. The minimum atomic E-state index is -3.81. The van der Waals surface area contributed by atoms with E-state index in [0.29, 0.717) is 6.61 Å². The average molecular weight is 381 g/mol. The lowest BCUT2D eigenvalue weighted by Gasteiger charge is -2.23. The molecule has 1 aliphatic heterocycles. The summed E-state index contributed by atoms with van der Waals surface area (Å²) in [6, 6.07) is 0. The van der Waals surface area contributed by atoms with E-state index < -0.39 is 20.0 Å². The Labute approximate surface area is 142 Å². The van der Waals surface area contributed by atoms with Crippen LogP contribution in [-0.4, -0.2) is 64.9 Å². The Hall–Kier alpha value is -1.01. The van der Waals surface area contributed by atoms with Crippen LogP contribution in [0.25, 0.3) is 0 Å². The summed E-state index contributed by atoms with van der Waals surface area (Å²) in [5, 5.41) is 3.62. The van der Waals surface area contributed by atoms with Crippen molar-refractivity contribution in [1.82, 2.24) is 14.2 Å². The van der Waals surface area contributed by atoms with Crippen LogP contribution in [0.3, 0.4) is 0 Å². The summed E-state index contributed by atoms with van der Waals surface area (Å²) in [5.74, 6) is 0.194. The van der Waals surface area contributed by atoms with Gasteiger partial charge >= 0.3 is 0 Å². The van der Waals surface area contributed by atoms with Crippen LogP contribution >= 0.6 is 0 Å². The van der Waals surface area contributed by atoms with Gasteiger partial charge in [-0.15, -0.1) is 0 Å². The molecule has 0 saturated carbocycles. The van der Waals surface area contributed by atoms with Crippen LogP contribution in [0, 0.1) is 13.8 Å². The number of nitrogens with zero attached hydrogens (tertiary/aromatic N) is 2. The quantitative estimate of drug-likeness (QED) is 0.674. The Balaban J connectivity index is 1.99. The molecular weight excluding hydrogens is 358 g/mol.